The molecule has 17 atom stereocenters. The maximum absolute atomic E-state index is 14.7. The van der Waals surface area contributed by atoms with Crippen molar-refractivity contribution < 1.29 is 47.5 Å². The smallest absolute Gasteiger partial charge is 0.306 e. The summed E-state index contributed by atoms with van der Waals surface area (Å²) in [6.07, 6.45) is 8.75. The number of fused-ring (bicyclic) bond motifs is 5. The molecule has 3 aliphatic heterocycles. The Kier molecular flexibility index (Phi) is 13.9. The van der Waals surface area contributed by atoms with Gasteiger partial charge in [-0.05, 0) is 121 Å². The summed E-state index contributed by atoms with van der Waals surface area (Å²) in [6, 6.07) is 0.294. The van der Waals surface area contributed by atoms with Crippen LogP contribution in [0.1, 0.15) is 105 Å². The molecule has 3 heterocycles. The molecule has 0 bridgehead atoms. The fraction of sp³-hybridized carbons (Fsp3) is 0.902. The van der Waals surface area contributed by atoms with Crippen LogP contribution in [0.4, 0.5) is 0 Å². The van der Waals surface area contributed by atoms with E-state index in [9.17, 15) is 9.59 Å². The van der Waals surface area contributed by atoms with E-state index in [1.807, 2.05) is 27.8 Å². The van der Waals surface area contributed by atoms with Gasteiger partial charge in [0.25, 0.3) is 0 Å². The first-order valence-corrected chi connectivity index (χ1v) is 20.5. The van der Waals surface area contributed by atoms with Gasteiger partial charge in [0.1, 0.15) is 24.4 Å². The number of carbonyl (C=O) groups is 2. The second kappa shape index (κ2) is 18.0. The zero-order valence-corrected chi connectivity index (χ0v) is 33.0. The molecule has 1 unspecified atom stereocenters. The molecular weight excluding hydrogens is 666 g/mol. The van der Waals surface area contributed by atoms with Crippen molar-refractivity contribution in [1.29, 1.82) is 0 Å². The average Bonchev–Trinajstić information content (AvgIpc) is 3.71. The van der Waals surface area contributed by atoms with Gasteiger partial charge in [-0.1, -0.05) is 19.9 Å². The van der Waals surface area contributed by atoms with Gasteiger partial charge in [0.15, 0.2) is 18.4 Å². The number of rotatable bonds is 10. The van der Waals surface area contributed by atoms with Crippen molar-refractivity contribution in [3.05, 3.63) is 11.6 Å². The second-order valence-corrected chi connectivity index (χ2v) is 16.5. The van der Waals surface area contributed by atoms with E-state index in [4.69, 9.17) is 37.9 Å². The molecule has 0 aromatic rings. The summed E-state index contributed by atoms with van der Waals surface area (Å²) in [5.41, 5.74) is 0.814. The quantitative estimate of drug-likeness (QED) is 0.276. The number of hydrogen-bond donors (Lipinski definition) is 1. The fourth-order valence-electron chi connectivity index (χ4n) is 10.8. The number of hydrogen-bond acceptors (Lipinski definition) is 11. The summed E-state index contributed by atoms with van der Waals surface area (Å²) >= 11 is 0. The lowest BCUT2D eigenvalue weighted by Crippen LogP contribution is -2.60. The molecule has 5 fully saturated rings. The van der Waals surface area contributed by atoms with E-state index in [0.717, 1.165) is 69.8 Å². The molecule has 6 rings (SSSR count). The minimum absolute atomic E-state index is 0.00180. The van der Waals surface area contributed by atoms with Crippen molar-refractivity contribution in [2.45, 2.75) is 173 Å². The third-order valence-corrected chi connectivity index (χ3v) is 13.6. The van der Waals surface area contributed by atoms with E-state index in [-0.39, 0.29) is 90.9 Å². The second-order valence-electron chi connectivity index (χ2n) is 16.5. The van der Waals surface area contributed by atoms with Crippen LogP contribution in [0.25, 0.3) is 0 Å². The lowest BCUT2D eigenvalue weighted by Gasteiger charge is -2.44. The molecule has 3 saturated heterocycles. The van der Waals surface area contributed by atoms with Gasteiger partial charge in [-0.25, -0.2) is 0 Å². The standard InChI is InChI=1S/C41H67NO10/c1-9-26-12-11-13-34(52-36-17-16-33(42-6)23(4)48-36)22(3)37(44)32-20-30-28(31(32)21-35(43)50-26)15-14-25-18-27(19-29(25)30)51-41-40(46-8)39(47-10-2)38(45-7)24(5)49-41/h20,22-31,33-34,36,38-42H,9-19,21H2,1-8H3/t22-,23-,24+,25-,26+,27-,28-,29-,30-,31+,33+,34+,36+,38+,39-,40-,41?/m1/s1. The maximum Gasteiger partial charge on any atom is 0.306 e. The number of methoxy groups -OCH3 is 2. The summed E-state index contributed by atoms with van der Waals surface area (Å²) in [7, 11) is 5.32. The number of allylic oxidation sites excluding steroid dienone is 2. The van der Waals surface area contributed by atoms with Gasteiger partial charge in [0.2, 0.25) is 0 Å². The predicted octanol–water partition coefficient (Wildman–Crippen LogP) is 5.76. The Bertz CT molecular complexity index is 1230. The predicted molar refractivity (Wildman–Crippen MR) is 194 cm³/mol. The van der Waals surface area contributed by atoms with Crippen LogP contribution in [0.5, 0.6) is 0 Å². The molecule has 0 spiro atoms. The number of Topliss-reactive ketones (excluding diaryl/α,β-unsaturated/α-hetero) is 1. The summed E-state index contributed by atoms with van der Waals surface area (Å²) in [5, 5.41) is 3.35. The zero-order chi connectivity index (χ0) is 37.1. The number of esters is 1. The lowest BCUT2D eigenvalue weighted by molar-refractivity contribution is -0.317. The molecule has 3 aliphatic carbocycles. The minimum atomic E-state index is -0.568. The number of nitrogens with one attached hydrogen (secondary N) is 1. The van der Waals surface area contributed by atoms with Crippen LogP contribution in [0.15, 0.2) is 11.6 Å². The Morgan fingerprint density at radius 1 is 0.846 bits per heavy atom. The van der Waals surface area contributed by atoms with Crippen molar-refractivity contribution in [2.24, 2.45) is 35.5 Å². The van der Waals surface area contributed by atoms with Gasteiger partial charge < -0.3 is 43.2 Å². The molecule has 11 heteroatoms. The van der Waals surface area contributed by atoms with Crippen LogP contribution in [0.3, 0.4) is 0 Å². The van der Waals surface area contributed by atoms with Gasteiger partial charge in [-0.15, -0.1) is 0 Å². The van der Waals surface area contributed by atoms with Crippen molar-refractivity contribution in [2.75, 3.05) is 27.9 Å². The summed E-state index contributed by atoms with van der Waals surface area (Å²) in [4.78, 5) is 28.2. The highest BCUT2D eigenvalue weighted by Crippen LogP contribution is 2.57. The van der Waals surface area contributed by atoms with Crippen LogP contribution in [-0.4, -0.2) is 107 Å². The molecule has 1 N–H and O–H groups in total. The van der Waals surface area contributed by atoms with E-state index >= 15 is 0 Å². The van der Waals surface area contributed by atoms with Gasteiger partial charge in [-0.2, -0.15) is 0 Å². The summed E-state index contributed by atoms with van der Waals surface area (Å²) in [5.74, 6) is 0.731. The Balaban J connectivity index is 1.20. The highest BCUT2D eigenvalue weighted by molar-refractivity contribution is 5.99. The van der Waals surface area contributed by atoms with Gasteiger partial charge in [-0.3, -0.25) is 9.59 Å². The van der Waals surface area contributed by atoms with E-state index in [2.05, 4.69) is 25.2 Å². The topological polar surface area (TPSA) is 120 Å². The number of likely N-dealkylation sites (N-methyl/N-ethyl adjacent to an activating group) is 1. The highest BCUT2D eigenvalue weighted by Gasteiger charge is 2.54. The molecule has 0 aromatic heterocycles. The van der Waals surface area contributed by atoms with Gasteiger partial charge in [0.05, 0.1) is 30.8 Å². The van der Waals surface area contributed by atoms with E-state index < -0.39 is 12.4 Å². The van der Waals surface area contributed by atoms with E-state index in [0.29, 0.717) is 24.5 Å². The first-order chi connectivity index (χ1) is 25.1. The van der Waals surface area contributed by atoms with E-state index in [1.54, 1.807) is 14.2 Å². The molecule has 296 valence electrons. The molecule has 0 amide bonds. The molecular formula is C41H67NO10. The van der Waals surface area contributed by atoms with Crippen LogP contribution in [-0.2, 0) is 47.5 Å². The largest absolute Gasteiger partial charge is 0.462 e. The maximum atomic E-state index is 14.7. The Labute approximate surface area is 311 Å². The van der Waals surface area contributed by atoms with Crippen molar-refractivity contribution in [3.8, 4) is 0 Å². The Hall–Kier alpha value is -1.44. The van der Waals surface area contributed by atoms with Crippen LogP contribution >= 0.6 is 0 Å². The number of carbonyl (C=O) groups excluding carboxylic acids is 2. The molecule has 52 heavy (non-hydrogen) atoms. The van der Waals surface area contributed by atoms with Crippen molar-refractivity contribution in [3.63, 3.8) is 0 Å². The number of cyclic esters (lactones) is 1. The lowest BCUT2D eigenvalue weighted by atomic mass is 9.66. The third kappa shape index (κ3) is 8.52. The first kappa shape index (κ1) is 40.2. The summed E-state index contributed by atoms with van der Waals surface area (Å²) in [6.45, 7) is 10.7. The van der Waals surface area contributed by atoms with Crippen LogP contribution in [0, 0.1) is 35.5 Å². The van der Waals surface area contributed by atoms with Crippen molar-refractivity contribution in [1.82, 2.24) is 5.32 Å². The van der Waals surface area contributed by atoms with Crippen LogP contribution in [0.2, 0.25) is 0 Å². The molecule has 6 aliphatic rings. The molecule has 0 radical (unpaired) electrons. The van der Waals surface area contributed by atoms with Gasteiger partial charge >= 0.3 is 5.97 Å². The third-order valence-electron chi connectivity index (χ3n) is 13.6. The zero-order valence-electron chi connectivity index (χ0n) is 33.0. The minimum Gasteiger partial charge on any atom is -0.462 e. The van der Waals surface area contributed by atoms with Crippen LogP contribution < -0.4 is 5.32 Å². The molecule has 0 aromatic carbocycles. The average molecular weight is 734 g/mol. The molecule has 11 nitrogen and oxygen atoms in total. The highest BCUT2D eigenvalue weighted by atomic mass is 16.7. The van der Waals surface area contributed by atoms with E-state index in [1.165, 1.54) is 0 Å². The number of ether oxygens (including phenoxy) is 8. The number of ketones is 1. The normalized spacial score (nSPS) is 45.9. The Morgan fingerprint density at radius 3 is 2.33 bits per heavy atom. The summed E-state index contributed by atoms with van der Waals surface area (Å²) < 4.78 is 50.0. The SMILES string of the molecule is CCO[C@@H]1[C@@H](OC)[C@H](C)OC(O[C@@H]2C[C@H]3CC[C@@H]4[C@@H](C=C5C(=O)[C@H](C)[C@@H](O[C@H]6CC[C@H](NC)[C@@H](C)O6)CCC[C@H](CC)OC(=O)C[C@H]54)[C@@H]3C2)[C@@H]1OC. The molecule has 2 saturated carbocycles. The monoisotopic (exact) mass is 733 g/mol. The first-order valence-electron chi connectivity index (χ1n) is 20.5. The van der Waals surface area contributed by atoms with Crippen molar-refractivity contribution >= 4 is 11.8 Å². The van der Waals surface area contributed by atoms with Gasteiger partial charge in [0, 0.05) is 38.7 Å². The fourth-order valence-corrected chi connectivity index (χ4v) is 10.8. The Morgan fingerprint density at radius 2 is 1.63 bits per heavy atom.